The van der Waals surface area contributed by atoms with E-state index in [0.717, 1.165) is 19.5 Å². The molecule has 1 fully saturated rings. The summed E-state index contributed by atoms with van der Waals surface area (Å²) in [6.07, 6.45) is 2.52. The summed E-state index contributed by atoms with van der Waals surface area (Å²) in [5.74, 6) is 0.981. The van der Waals surface area contributed by atoms with Crippen molar-refractivity contribution in [2.24, 2.45) is 5.92 Å². The molecule has 1 aromatic heterocycles. The lowest BCUT2D eigenvalue weighted by molar-refractivity contribution is 0.261. The summed E-state index contributed by atoms with van der Waals surface area (Å²) in [5.41, 5.74) is 0.420. The molecule has 2 aromatic rings. The Morgan fingerprint density at radius 2 is 2.04 bits per heavy atom. The fourth-order valence-corrected chi connectivity index (χ4v) is 3.46. The van der Waals surface area contributed by atoms with Gasteiger partial charge in [-0.1, -0.05) is 18.2 Å². The second-order valence-electron chi connectivity index (χ2n) is 5.44. The molecule has 2 heterocycles. The van der Waals surface area contributed by atoms with Crippen LogP contribution in [-0.2, 0) is 10.0 Å². The fraction of sp³-hybridized carbons (Fsp3) is 0.312. The third kappa shape index (κ3) is 4.00. The smallest absolute Gasteiger partial charge is 0.279 e. The SMILES string of the molecule is O=S(=O)(Nc1ccccc1OC[C@H]1CCNC1)c1ccccn1. The van der Waals surface area contributed by atoms with Crippen molar-refractivity contribution in [2.75, 3.05) is 24.4 Å². The summed E-state index contributed by atoms with van der Waals surface area (Å²) >= 11 is 0. The largest absolute Gasteiger partial charge is 0.491 e. The van der Waals surface area contributed by atoms with Gasteiger partial charge in [-0.25, -0.2) is 4.98 Å². The monoisotopic (exact) mass is 333 g/mol. The van der Waals surface area contributed by atoms with Gasteiger partial charge >= 0.3 is 0 Å². The van der Waals surface area contributed by atoms with Crippen LogP contribution in [0.4, 0.5) is 5.69 Å². The molecule has 1 aliphatic heterocycles. The predicted molar refractivity (Wildman–Crippen MR) is 88.0 cm³/mol. The lowest BCUT2D eigenvalue weighted by Gasteiger charge is -2.15. The first-order valence-corrected chi connectivity index (χ1v) is 9.00. The van der Waals surface area contributed by atoms with Gasteiger partial charge < -0.3 is 10.1 Å². The number of nitrogens with zero attached hydrogens (tertiary/aromatic N) is 1. The van der Waals surface area contributed by atoms with Crippen LogP contribution in [0, 0.1) is 5.92 Å². The van der Waals surface area contributed by atoms with Gasteiger partial charge in [0.05, 0.1) is 12.3 Å². The zero-order valence-electron chi connectivity index (χ0n) is 12.6. The highest BCUT2D eigenvalue weighted by molar-refractivity contribution is 7.92. The van der Waals surface area contributed by atoms with E-state index in [1.807, 2.05) is 6.07 Å². The van der Waals surface area contributed by atoms with E-state index in [1.54, 1.807) is 30.3 Å². The molecule has 0 spiro atoms. The molecular weight excluding hydrogens is 314 g/mol. The third-order valence-electron chi connectivity index (χ3n) is 3.68. The lowest BCUT2D eigenvalue weighted by atomic mass is 10.1. The maximum Gasteiger partial charge on any atom is 0.279 e. The van der Waals surface area contributed by atoms with Crippen LogP contribution in [-0.4, -0.2) is 33.1 Å². The number of nitrogens with one attached hydrogen (secondary N) is 2. The van der Waals surface area contributed by atoms with Crippen molar-refractivity contribution < 1.29 is 13.2 Å². The lowest BCUT2D eigenvalue weighted by Crippen LogP contribution is -2.18. The Balaban J connectivity index is 1.75. The Labute approximate surface area is 136 Å². The maximum absolute atomic E-state index is 12.4. The van der Waals surface area contributed by atoms with Gasteiger partial charge in [0.2, 0.25) is 0 Å². The molecule has 1 aliphatic rings. The molecule has 2 N–H and O–H groups in total. The third-order valence-corrected chi connectivity index (χ3v) is 4.96. The standard InChI is InChI=1S/C16H19N3O3S/c20-23(21,16-7-3-4-9-18-16)19-14-5-1-2-6-15(14)22-12-13-8-10-17-11-13/h1-7,9,13,17,19H,8,10-12H2/t13-/m0/s1. The Morgan fingerprint density at radius 1 is 1.22 bits per heavy atom. The number of sulfonamides is 1. The molecule has 0 aliphatic carbocycles. The van der Waals surface area contributed by atoms with E-state index < -0.39 is 10.0 Å². The van der Waals surface area contributed by atoms with Crippen LogP contribution < -0.4 is 14.8 Å². The minimum absolute atomic E-state index is 0.0187. The molecule has 122 valence electrons. The second kappa shape index (κ2) is 6.97. The predicted octanol–water partition coefficient (Wildman–Crippen LogP) is 1.87. The van der Waals surface area contributed by atoms with Crippen molar-refractivity contribution in [3.8, 4) is 5.75 Å². The van der Waals surface area contributed by atoms with Crippen LogP contribution in [0.25, 0.3) is 0 Å². The number of anilines is 1. The van der Waals surface area contributed by atoms with Crippen molar-refractivity contribution >= 4 is 15.7 Å². The van der Waals surface area contributed by atoms with Crippen LogP contribution in [0.15, 0.2) is 53.7 Å². The molecule has 0 unspecified atom stereocenters. The summed E-state index contributed by atoms with van der Waals surface area (Å²) < 4.78 is 33.1. The summed E-state index contributed by atoms with van der Waals surface area (Å²) in [4.78, 5) is 3.89. The van der Waals surface area contributed by atoms with E-state index >= 15 is 0 Å². The highest BCUT2D eigenvalue weighted by Gasteiger charge is 2.19. The first-order chi connectivity index (χ1) is 11.1. The second-order valence-corrected chi connectivity index (χ2v) is 7.07. The number of ether oxygens (including phenoxy) is 1. The van der Waals surface area contributed by atoms with E-state index in [1.165, 1.54) is 12.3 Å². The van der Waals surface area contributed by atoms with Gasteiger partial charge in [0.25, 0.3) is 10.0 Å². The molecule has 1 saturated heterocycles. The fourth-order valence-electron chi connectivity index (χ4n) is 2.44. The molecule has 7 heteroatoms. The molecule has 0 bridgehead atoms. The molecule has 23 heavy (non-hydrogen) atoms. The molecule has 3 rings (SSSR count). The van der Waals surface area contributed by atoms with Crippen molar-refractivity contribution in [3.05, 3.63) is 48.7 Å². The average molecular weight is 333 g/mol. The number of hydrogen-bond donors (Lipinski definition) is 2. The summed E-state index contributed by atoms with van der Waals surface area (Å²) in [6, 6.07) is 11.8. The number of benzene rings is 1. The van der Waals surface area contributed by atoms with Gasteiger partial charge in [-0.2, -0.15) is 8.42 Å². The van der Waals surface area contributed by atoms with Gasteiger partial charge in [-0.05, 0) is 37.2 Å². The quantitative estimate of drug-likeness (QED) is 0.843. The number of aromatic nitrogens is 1. The maximum atomic E-state index is 12.4. The number of hydrogen-bond acceptors (Lipinski definition) is 5. The van der Waals surface area contributed by atoms with Crippen LogP contribution in [0.2, 0.25) is 0 Å². The zero-order chi connectivity index (χ0) is 16.1. The molecule has 0 radical (unpaired) electrons. The molecular formula is C16H19N3O3S. The van der Waals surface area contributed by atoms with Crippen LogP contribution in [0.3, 0.4) is 0 Å². The van der Waals surface area contributed by atoms with Gasteiger partial charge in [0.1, 0.15) is 5.75 Å². The summed E-state index contributed by atoms with van der Waals surface area (Å²) in [5, 5.41) is 3.26. The van der Waals surface area contributed by atoms with E-state index in [4.69, 9.17) is 4.74 Å². The van der Waals surface area contributed by atoms with Crippen LogP contribution in [0.5, 0.6) is 5.75 Å². The highest BCUT2D eigenvalue weighted by Crippen LogP contribution is 2.27. The first kappa shape index (κ1) is 15.8. The number of rotatable bonds is 6. The first-order valence-electron chi connectivity index (χ1n) is 7.51. The number of para-hydroxylation sites is 2. The number of pyridine rings is 1. The topological polar surface area (TPSA) is 80.3 Å². The Kier molecular flexibility index (Phi) is 4.78. The van der Waals surface area contributed by atoms with Gasteiger partial charge in [0, 0.05) is 18.7 Å². The van der Waals surface area contributed by atoms with Crippen molar-refractivity contribution in [3.63, 3.8) is 0 Å². The van der Waals surface area contributed by atoms with Crippen LogP contribution >= 0.6 is 0 Å². The molecule has 1 atom stereocenters. The normalized spacial score (nSPS) is 17.8. The van der Waals surface area contributed by atoms with E-state index in [2.05, 4.69) is 15.0 Å². The zero-order valence-corrected chi connectivity index (χ0v) is 13.4. The average Bonchev–Trinajstić information content (AvgIpc) is 3.08. The van der Waals surface area contributed by atoms with Crippen molar-refractivity contribution in [2.45, 2.75) is 11.4 Å². The molecule has 1 aromatic carbocycles. The van der Waals surface area contributed by atoms with Gasteiger partial charge in [0.15, 0.2) is 5.03 Å². The summed E-state index contributed by atoms with van der Waals surface area (Å²) in [7, 11) is -3.73. The van der Waals surface area contributed by atoms with Crippen LogP contribution in [0.1, 0.15) is 6.42 Å². The van der Waals surface area contributed by atoms with E-state index in [-0.39, 0.29) is 5.03 Å². The molecule has 6 nitrogen and oxygen atoms in total. The highest BCUT2D eigenvalue weighted by atomic mass is 32.2. The molecule has 0 amide bonds. The Morgan fingerprint density at radius 3 is 2.78 bits per heavy atom. The van der Waals surface area contributed by atoms with Gasteiger partial charge in [-0.15, -0.1) is 0 Å². The minimum atomic E-state index is -3.73. The van der Waals surface area contributed by atoms with Gasteiger partial charge in [-0.3, -0.25) is 4.72 Å². The minimum Gasteiger partial charge on any atom is -0.491 e. The molecule has 0 saturated carbocycles. The van der Waals surface area contributed by atoms with E-state index in [9.17, 15) is 8.42 Å². The van der Waals surface area contributed by atoms with E-state index in [0.29, 0.717) is 24.0 Å². The van der Waals surface area contributed by atoms with Crippen molar-refractivity contribution in [1.82, 2.24) is 10.3 Å². The Hall–Kier alpha value is -2.12. The Bertz CT molecular complexity index is 744. The summed E-state index contributed by atoms with van der Waals surface area (Å²) in [6.45, 7) is 2.50. The van der Waals surface area contributed by atoms with Crippen molar-refractivity contribution in [1.29, 1.82) is 0 Å².